The molecule has 0 unspecified atom stereocenters. The van der Waals surface area contributed by atoms with Crippen molar-refractivity contribution < 1.29 is 28.6 Å². The maximum atomic E-state index is 12.9. The number of hydrogen-bond acceptors (Lipinski definition) is 6. The lowest BCUT2D eigenvalue weighted by molar-refractivity contribution is -0.147. The number of amides is 2. The van der Waals surface area contributed by atoms with Gasteiger partial charge in [-0.2, -0.15) is 0 Å². The minimum absolute atomic E-state index is 0.101. The van der Waals surface area contributed by atoms with Crippen LogP contribution in [0.1, 0.15) is 60.7 Å². The molecular weight excluding hydrogens is 484 g/mol. The molecule has 0 atom stereocenters. The van der Waals surface area contributed by atoms with Crippen LogP contribution in [0.15, 0.2) is 35.9 Å². The van der Waals surface area contributed by atoms with Gasteiger partial charge in [-0.1, -0.05) is 35.4 Å². The number of esters is 2. The molecule has 0 saturated carbocycles. The number of halogens is 1. The summed E-state index contributed by atoms with van der Waals surface area (Å²) in [5.41, 5.74) is 4.10. The Morgan fingerprint density at radius 1 is 1.19 bits per heavy atom. The molecule has 0 aliphatic carbocycles. The largest absolute Gasteiger partial charge is 0.496 e. The van der Waals surface area contributed by atoms with Crippen LogP contribution in [0.25, 0.3) is 0 Å². The number of fused-ring (bicyclic) bond motifs is 1. The first-order valence-electron chi connectivity index (χ1n) is 11.7. The van der Waals surface area contributed by atoms with E-state index in [1.165, 1.54) is 0 Å². The zero-order valence-electron chi connectivity index (χ0n) is 21.1. The number of para-hydroxylation sites is 1. The third-order valence-corrected chi connectivity index (χ3v) is 6.11. The van der Waals surface area contributed by atoms with Gasteiger partial charge in [0, 0.05) is 17.5 Å². The molecule has 0 radical (unpaired) electrons. The minimum Gasteiger partial charge on any atom is -0.496 e. The summed E-state index contributed by atoms with van der Waals surface area (Å²) in [6.07, 6.45) is 2.93. The first-order chi connectivity index (χ1) is 17.1. The number of urea groups is 1. The average molecular weight is 515 g/mol. The van der Waals surface area contributed by atoms with E-state index in [2.05, 4.69) is 10.6 Å². The highest BCUT2D eigenvalue weighted by atomic mass is 35.5. The molecule has 0 fully saturated rings. The second-order valence-corrected chi connectivity index (χ2v) is 9.20. The van der Waals surface area contributed by atoms with Gasteiger partial charge in [-0.05, 0) is 58.2 Å². The Morgan fingerprint density at radius 3 is 2.58 bits per heavy atom. The number of allylic oxidation sites excluding steroid dienone is 2. The van der Waals surface area contributed by atoms with Crippen molar-refractivity contribution in [2.24, 2.45) is 0 Å². The zero-order valence-corrected chi connectivity index (χ0v) is 21.9. The van der Waals surface area contributed by atoms with Crippen molar-refractivity contribution in [1.82, 2.24) is 0 Å². The van der Waals surface area contributed by atoms with E-state index in [9.17, 15) is 14.4 Å². The van der Waals surface area contributed by atoms with Crippen LogP contribution >= 0.6 is 11.6 Å². The maximum Gasteiger partial charge on any atom is 0.341 e. The second-order valence-electron chi connectivity index (χ2n) is 8.79. The highest BCUT2D eigenvalue weighted by Crippen LogP contribution is 2.41. The molecule has 2 aromatic carbocycles. The first kappa shape index (κ1) is 27.1. The number of carbonyl (C=O) groups is 3. The molecule has 8 nitrogen and oxygen atoms in total. The Hall–Kier alpha value is -3.52. The Morgan fingerprint density at radius 2 is 1.92 bits per heavy atom. The van der Waals surface area contributed by atoms with Gasteiger partial charge < -0.3 is 24.8 Å². The van der Waals surface area contributed by atoms with E-state index in [0.29, 0.717) is 51.7 Å². The van der Waals surface area contributed by atoms with Crippen LogP contribution in [-0.4, -0.2) is 31.2 Å². The first-order valence-corrected chi connectivity index (χ1v) is 12.1. The fraction of sp³-hybridized carbons (Fsp3) is 0.370. The van der Waals surface area contributed by atoms with Gasteiger partial charge in [-0.25, -0.2) is 9.59 Å². The lowest BCUT2D eigenvalue weighted by Gasteiger charge is -2.20. The van der Waals surface area contributed by atoms with E-state index in [1.54, 1.807) is 31.4 Å². The average Bonchev–Trinajstić information content (AvgIpc) is 3.21. The molecule has 9 heteroatoms. The molecule has 2 amide bonds. The smallest absolute Gasteiger partial charge is 0.341 e. The van der Waals surface area contributed by atoms with Crippen LogP contribution in [0.2, 0.25) is 5.02 Å². The fourth-order valence-electron chi connectivity index (χ4n) is 4.02. The number of cyclic esters (lactones) is 1. The molecule has 36 heavy (non-hydrogen) atoms. The molecule has 1 heterocycles. The van der Waals surface area contributed by atoms with E-state index in [-0.39, 0.29) is 25.1 Å². The van der Waals surface area contributed by atoms with Gasteiger partial charge in [0.05, 0.1) is 35.2 Å². The predicted octanol–water partition coefficient (Wildman–Crippen LogP) is 6.19. The molecule has 192 valence electrons. The van der Waals surface area contributed by atoms with Crippen molar-refractivity contribution in [2.75, 3.05) is 17.7 Å². The van der Waals surface area contributed by atoms with Gasteiger partial charge in [0.2, 0.25) is 0 Å². The van der Waals surface area contributed by atoms with Crippen LogP contribution < -0.4 is 15.4 Å². The summed E-state index contributed by atoms with van der Waals surface area (Å²) >= 11 is 6.17. The molecule has 2 N–H and O–H groups in total. The molecular formula is C27H31ClN2O6. The lowest BCUT2D eigenvalue weighted by Crippen LogP contribution is -2.22. The molecule has 1 aliphatic heterocycles. The predicted molar refractivity (Wildman–Crippen MR) is 139 cm³/mol. The van der Waals surface area contributed by atoms with Crippen molar-refractivity contribution >= 4 is 40.9 Å². The lowest BCUT2D eigenvalue weighted by atomic mass is 9.93. The summed E-state index contributed by atoms with van der Waals surface area (Å²) in [4.78, 5) is 37.5. The summed E-state index contributed by atoms with van der Waals surface area (Å²) in [7, 11) is 1.54. The van der Waals surface area contributed by atoms with Crippen molar-refractivity contribution in [3.05, 3.63) is 63.2 Å². The number of ether oxygens (including phenoxy) is 3. The SMILES string of the molecule is COc1c(C)c2c(c(NC(=O)Nc3ccccc3Cl)c1CC=C(C)CCC(=O)OC(C)C)C(=O)OC2. The molecule has 1 aliphatic rings. The van der Waals surface area contributed by atoms with Crippen LogP contribution in [0, 0.1) is 6.92 Å². The van der Waals surface area contributed by atoms with Crippen molar-refractivity contribution in [3.8, 4) is 5.75 Å². The quantitative estimate of drug-likeness (QED) is 0.305. The van der Waals surface area contributed by atoms with Crippen LogP contribution in [-0.2, 0) is 27.3 Å². The normalized spacial score (nSPS) is 12.8. The Kier molecular flexibility index (Phi) is 8.98. The maximum absolute atomic E-state index is 12.9. The topological polar surface area (TPSA) is 103 Å². The Balaban J connectivity index is 1.92. The van der Waals surface area contributed by atoms with Crippen molar-refractivity contribution in [3.63, 3.8) is 0 Å². The molecule has 0 bridgehead atoms. The van der Waals surface area contributed by atoms with E-state index in [4.69, 9.17) is 25.8 Å². The van der Waals surface area contributed by atoms with Gasteiger partial charge in [0.1, 0.15) is 12.4 Å². The molecule has 0 spiro atoms. The van der Waals surface area contributed by atoms with Gasteiger partial charge >= 0.3 is 18.0 Å². The van der Waals surface area contributed by atoms with Crippen LogP contribution in [0.5, 0.6) is 5.75 Å². The molecule has 2 aromatic rings. The molecule has 3 rings (SSSR count). The summed E-state index contributed by atoms with van der Waals surface area (Å²) in [6, 6.07) is 6.29. The van der Waals surface area contributed by atoms with Gasteiger partial charge in [0.25, 0.3) is 0 Å². The highest BCUT2D eigenvalue weighted by molar-refractivity contribution is 6.33. The van der Waals surface area contributed by atoms with Gasteiger partial charge in [-0.15, -0.1) is 0 Å². The fourth-order valence-corrected chi connectivity index (χ4v) is 4.20. The Bertz CT molecular complexity index is 1210. The number of benzene rings is 2. The summed E-state index contributed by atoms with van der Waals surface area (Å²) in [6.45, 7) is 7.50. The number of anilines is 2. The zero-order chi connectivity index (χ0) is 26.4. The van der Waals surface area contributed by atoms with Gasteiger partial charge in [-0.3, -0.25) is 4.79 Å². The van der Waals surface area contributed by atoms with E-state index in [0.717, 1.165) is 11.1 Å². The summed E-state index contributed by atoms with van der Waals surface area (Å²) < 4.78 is 16.2. The van der Waals surface area contributed by atoms with E-state index in [1.807, 2.05) is 33.8 Å². The number of hydrogen-bond donors (Lipinski definition) is 2. The van der Waals surface area contributed by atoms with Crippen molar-refractivity contribution in [2.45, 2.75) is 59.7 Å². The number of nitrogens with one attached hydrogen (secondary N) is 2. The minimum atomic E-state index is -0.561. The summed E-state index contributed by atoms with van der Waals surface area (Å²) in [5.74, 6) is -0.212. The summed E-state index contributed by atoms with van der Waals surface area (Å²) in [5, 5.41) is 5.92. The standard InChI is InChI=1S/C27H31ClN2O6/c1-15(2)36-22(31)13-11-16(3)10-12-18-24(30-27(33)29-21-9-7-6-8-20(21)28)23-19(14-35-26(23)32)17(4)25(18)34-5/h6-10,15H,11-14H2,1-5H3,(H2,29,30,33). The molecule has 0 saturated heterocycles. The number of rotatable bonds is 9. The van der Waals surface area contributed by atoms with Crippen LogP contribution in [0.3, 0.4) is 0 Å². The monoisotopic (exact) mass is 514 g/mol. The number of carbonyl (C=O) groups excluding carboxylic acids is 3. The van der Waals surface area contributed by atoms with E-state index >= 15 is 0 Å². The molecule has 0 aromatic heterocycles. The number of methoxy groups -OCH3 is 1. The third kappa shape index (κ3) is 6.37. The van der Waals surface area contributed by atoms with Crippen LogP contribution in [0.4, 0.5) is 16.2 Å². The van der Waals surface area contributed by atoms with E-state index < -0.39 is 12.0 Å². The third-order valence-electron chi connectivity index (χ3n) is 5.78. The van der Waals surface area contributed by atoms with Crippen molar-refractivity contribution in [1.29, 1.82) is 0 Å². The van der Waals surface area contributed by atoms with Gasteiger partial charge in [0.15, 0.2) is 0 Å². The highest BCUT2D eigenvalue weighted by Gasteiger charge is 2.32. The second kappa shape index (κ2) is 11.9. The Labute approximate surface area is 215 Å².